The van der Waals surface area contributed by atoms with E-state index in [1.807, 2.05) is 30.3 Å². The zero-order valence-electron chi connectivity index (χ0n) is 14.3. The van der Waals surface area contributed by atoms with Crippen molar-refractivity contribution in [2.75, 3.05) is 14.2 Å². The minimum Gasteiger partial charge on any atom is -0.493 e. The van der Waals surface area contributed by atoms with Gasteiger partial charge in [-0.3, -0.25) is 0 Å². The van der Waals surface area contributed by atoms with Gasteiger partial charge in [0.15, 0.2) is 11.5 Å². The predicted octanol–water partition coefficient (Wildman–Crippen LogP) is 4.07. The molecule has 0 saturated carbocycles. The topological polar surface area (TPSA) is 68.5 Å². The minimum absolute atomic E-state index is 0.252. The fourth-order valence-corrected chi connectivity index (χ4v) is 3.36. The Hall–Kier alpha value is -3.52. The SMILES string of the molecule is COc1cc2cc3c(c(-c4ccc(C#N)cc4)c2cc1OC)C(=O)OC3. The van der Waals surface area contributed by atoms with Gasteiger partial charge in [0.05, 0.1) is 31.4 Å². The van der Waals surface area contributed by atoms with Gasteiger partial charge < -0.3 is 14.2 Å². The van der Waals surface area contributed by atoms with E-state index in [4.69, 9.17) is 19.5 Å². The van der Waals surface area contributed by atoms with E-state index >= 15 is 0 Å². The molecule has 0 aromatic heterocycles. The van der Waals surface area contributed by atoms with Crippen LogP contribution >= 0.6 is 0 Å². The van der Waals surface area contributed by atoms with Crippen molar-refractivity contribution < 1.29 is 19.0 Å². The summed E-state index contributed by atoms with van der Waals surface area (Å²) in [5.74, 6) is 0.869. The molecule has 3 aromatic rings. The highest BCUT2D eigenvalue weighted by Gasteiger charge is 2.28. The lowest BCUT2D eigenvalue weighted by atomic mass is 9.90. The number of carbonyl (C=O) groups is 1. The molecule has 0 N–H and O–H groups in total. The summed E-state index contributed by atoms with van der Waals surface area (Å²) in [6.45, 7) is 0.252. The summed E-state index contributed by atoms with van der Waals surface area (Å²) in [5, 5.41) is 10.8. The molecule has 4 rings (SSSR count). The van der Waals surface area contributed by atoms with Gasteiger partial charge in [0.1, 0.15) is 6.61 Å². The Morgan fingerprint density at radius 1 is 1.00 bits per heavy atom. The van der Waals surface area contributed by atoms with E-state index < -0.39 is 0 Å². The van der Waals surface area contributed by atoms with Crippen molar-refractivity contribution in [3.05, 3.63) is 59.2 Å². The van der Waals surface area contributed by atoms with Gasteiger partial charge in [0.2, 0.25) is 0 Å². The molecule has 26 heavy (non-hydrogen) atoms. The fourth-order valence-electron chi connectivity index (χ4n) is 3.36. The fraction of sp³-hybridized carbons (Fsp3) is 0.143. The average Bonchev–Trinajstić information content (AvgIpc) is 3.05. The molecule has 0 fully saturated rings. The van der Waals surface area contributed by atoms with Crippen LogP contribution in [0.2, 0.25) is 0 Å². The number of nitrogens with zero attached hydrogens (tertiary/aromatic N) is 1. The molecule has 0 radical (unpaired) electrons. The van der Waals surface area contributed by atoms with Crippen LogP contribution in [0.3, 0.4) is 0 Å². The first kappa shape index (κ1) is 16.0. The van der Waals surface area contributed by atoms with Crippen molar-refractivity contribution in [2.45, 2.75) is 6.61 Å². The maximum Gasteiger partial charge on any atom is 0.339 e. The van der Waals surface area contributed by atoms with E-state index in [0.717, 1.165) is 27.5 Å². The van der Waals surface area contributed by atoms with Crippen LogP contribution in [0.15, 0.2) is 42.5 Å². The second-order valence-corrected chi connectivity index (χ2v) is 5.98. The van der Waals surface area contributed by atoms with E-state index in [1.54, 1.807) is 26.4 Å². The molecule has 0 atom stereocenters. The van der Waals surface area contributed by atoms with Gasteiger partial charge in [-0.1, -0.05) is 12.1 Å². The Bertz CT molecular complexity index is 1080. The van der Waals surface area contributed by atoms with Crippen molar-refractivity contribution in [2.24, 2.45) is 0 Å². The maximum absolute atomic E-state index is 12.4. The van der Waals surface area contributed by atoms with Crippen molar-refractivity contribution in [3.8, 4) is 28.7 Å². The Morgan fingerprint density at radius 3 is 2.35 bits per heavy atom. The van der Waals surface area contributed by atoms with E-state index in [1.165, 1.54) is 0 Å². The molecule has 0 bridgehead atoms. The van der Waals surface area contributed by atoms with E-state index in [0.29, 0.717) is 22.6 Å². The molecule has 0 aliphatic carbocycles. The smallest absolute Gasteiger partial charge is 0.339 e. The summed E-state index contributed by atoms with van der Waals surface area (Å²) in [4.78, 5) is 12.4. The summed E-state index contributed by atoms with van der Waals surface area (Å²) < 4.78 is 16.1. The van der Waals surface area contributed by atoms with Gasteiger partial charge in [-0.05, 0) is 46.7 Å². The first-order valence-electron chi connectivity index (χ1n) is 8.05. The molecule has 0 spiro atoms. The molecule has 1 aliphatic rings. The third kappa shape index (κ3) is 2.35. The highest BCUT2D eigenvalue weighted by Crippen LogP contribution is 2.42. The third-order valence-corrected chi connectivity index (χ3v) is 4.59. The number of fused-ring (bicyclic) bond motifs is 2. The third-order valence-electron chi connectivity index (χ3n) is 4.59. The Kier molecular flexibility index (Phi) is 3.74. The Balaban J connectivity index is 2.09. The van der Waals surface area contributed by atoms with Crippen molar-refractivity contribution in [3.63, 3.8) is 0 Å². The second-order valence-electron chi connectivity index (χ2n) is 5.98. The normalized spacial score (nSPS) is 12.4. The first-order chi connectivity index (χ1) is 12.7. The largest absolute Gasteiger partial charge is 0.493 e. The van der Waals surface area contributed by atoms with Crippen LogP contribution in [0.25, 0.3) is 21.9 Å². The van der Waals surface area contributed by atoms with Gasteiger partial charge in [-0.15, -0.1) is 0 Å². The Morgan fingerprint density at radius 2 is 1.69 bits per heavy atom. The number of hydrogen-bond donors (Lipinski definition) is 0. The van der Waals surface area contributed by atoms with Crippen molar-refractivity contribution >= 4 is 16.7 Å². The number of hydrogen-bond acceptors (Lipinski definition) is 5. The predicted molar refractivity (Wildman–Crippen MR) is 96.3 cm³/mol. The zero-order valence-corrected chi connectivity index (χ0v) is 14.3. The molecule has 128 valence electrons. The number of rotatable bonds is 3. The van der Waals surface area contributed by atoms with Crippen molar-refractivity contribution in [1.29, 1.82) is 5.26 Å². The first-order valence-corrected chi connectivity index (χ1v) is 8.05. The lowest BCUT2D eigenvalue weighted by molar-refractivity contribution is 0.0535. The molecule has 0 amide bonds. The molecular weight excluding hydrogens is 330 g/mol. The highest BCUT2D eigenvalue weighted by molar-refractivity contribution is 6.11. The van der Waals surface area contributed by atoms with Gasteiger partial charge in [0.25, 0.3) is 0 Å². The van der Waals surface area contributed by atoms with Crippen molar-refractivity contribution in [1.82, 2.24) is 0 Å². The molecule has 0 saturated heterocycles. The van der Waals surface area contributed by atoms with Gasteiger partial charge in [0, 0.05) is 11.1 Å². The molecule has 1 heterocycles. The average molecular weight is 345 g/mol. The summed E-state index contributed by atoms with van der Waals surface area (Å²) in [5.41, 5.74) is 3.60. The van der Waals surface area contributed by atoms with Crippen LogP contribution in [0, 0.1) is 11.3 Å². The molecule has 3 aromatic carbocycles. The zero-order chi connectivity index (χ0) is 18.3. The number of ether oxygens (including phenoxy) is 3. The number of carbonyl (C=O) groups excluding carboxylic acids is 1. The van der Waals surface area contributed by atoms with Crippen LogP contribution in [0.1, 0.15) is 21.5 Å². The quantitative estimate of drug-likeness (QED) is 0.670. The van der Waals surface area contributed by atoms with Crippen LogP contribution in [-0.4, -0.2) is 20.2 Å². The number of cyclic esters (lactones) is 1. The Labute approximate surface area is 150 Å². The lowest BCUT2D eigenvalue weighted by Crippen LogP contribution is -1.99. The highest BCUT2D eigenvalue weighted by atomic mass is 16.5. The standard InChI is InChI=1S/C21H15NO4/c1-24-17-8-14-7-15-11-26-21(23)20(15)19(16(14)9-18(17)25-2)13-5-3-12(10-22)4-6-13/h3-9H,11H2,1-2H3. The molecule has 1 aliphatic heterocycles. The maximum atomic E-state index is 12.4. The molecular formula is C21H15NO4. The van der Waals surface area contributed by atoms with Crippen LogP contribution in [0.4, 0.5) is 0 Å². The number of methoxy groups -OCH3 is 2. The number of nitriles is 1. The van der Waals surface area contributed by atoms with Crippen LogP contribution in [-0.2, 0) is 11.3 Å². The molecule has 5 heteroatoms. The summed E-state index contributed by atoms with van der Waals surface area (Å²) in [6.07, 6.45) is 0. The monoisotopic (exact) mass is 345 g/mol. The summed E-state index contributed by atoms with van der Waals surface area (Å²) in [7, 11) is 3.16. The minimum atomic E-state index is -0.337. The summed E-state index contributed by atoms with van der Waals surface area (Å²) in [6, 6.07) is 15.0. The number of benzene rings is 3. The second kappa shape index (κ2) is 6.08. The van der Waals surface area contributed by atoms with Gasteiger partial charge >= 0.3 is 5.97 Å². The van der Waals surface area contributed by atoms with Gasteiger partial charge in [-0.2, -0.15) is 5.26 Å². The van der Waals surface area contributed by atoms with Gasteiger partial charge in [-0.25, -0.2) is 4.79 Å². The summed E-state index contributed by atoms with van der Waals surface area (Å²) >= 11 is 0. The van der Waals surface area contributed by atoms with Crippen LogP contribution < -0.4 is 9.47 Å². The lowest BCUT2D eigenvalue weighted by Gasteiger charge is -2.15. The molecule has 5 nitrogen and oxygen atoms in total. The number of esters is 1. The van der Waals surface area contributed by atoms with E-state index in [-0.39, 0.29) is 12.6 Å². The van der Waals surface area contributed by atoms with E-state index in [9.17, 15) is 4.79 Å². The van der Waals surface area contributed by atoms with Crippen LogP contribution in [0.5, 0.6) is 11.5 Å². The van der Waals surface area contributed by atoms with E-state index in [2.05, 4.69) is 6.07 Å². The molecule has 0 unspecified atom stereocenters.